The fourth-order valence-corrected chi connectivity index (χ4v) is 3.82. The Morgan fingerprint density at radius 2 is 2.32 bits per heavy atom. The molecule has 0 aliphatic heterocycles. The Balaban J connectivity index is 2.08. The van der Waals surface area contributed by atoms with Gasteiger partial charge in [-0.2, -0.15) is 0 Å². The summed E-state index contributed by atoms with van der Waals surface area (Å²) in [6.45, 7) is 2.33. The van der Waals surface area contributed by atoms with Crippen LogP contribution in [-0.4, -0.2) is 26.3 Å². The monoisotopic (exact) mass is 337 g/mol. The van der Waals surface area contributed by atoms with E-state index >= 15 is 0 Å². The van der Waals surface area contributed by atoms with Crippen molar-refractivity contribution in [3.8, 4) is 0 Å². The molecule has 0 aliphatic rings. The summed E-state index contributed by atoms with van der Waals surface area (Å²) in [5.74, 6) is 0.00752. The lowest BCUT2D eigenvalue weighted by Crippen LogP contribution is -2.16. The number of carbonyl (C=O) groups is 1. The number of halogens is 2. The molecule has 0 saturated carbocycles. The molecule has 0 aliphatic carbocycles. The first-order valence-corrected chi connectivity index (χ1v) is 7.84. The Labute approximate surface area is 126 Å². The van der Waals surface area contributed by atoms with Gasteiger partial charge in [-0.25, -0.2) is 9.89 Å². The molecule has 2 heterocycles. The number of nitrogens with one attached hydrogen (secondary N) is 1. The van der Waals surface area contributed by atoms with E-state index in [2.05, 4.69) is 10.2 Å². The molecule has 0 atom stereocenters. The first-order chi connectivity index (χ1) is 9.02. The summed E-state index contributed by atoms with van der Waals surface area (Å²) in [5, 5.41) is 6.69. The quantitative estimate of drug-likeness (QED) is 0.672. The first-order valence-electron chi connectivity index (χ1n) is 5.29. The van der Waals surface area contributed by atoms with Gasteiger partial charge in [0.1, 0.15) is 4.34 Å². The molecule has 5 nitrogen and oxygen atoms in total. The summed E-state index contributed by atoms with van der Waals surface area (Å²) in [6.07, 6.45) is 0. The van der Waals surface area contributed by atoms with Crippen LogP contribution in [0.2, 0.25) is 8.67 Å². The number of thioether (sulfide) groups is 1. The number of ketones is 1. The van der Waals surface area contributed by atoms with Crippen molar-refractivity contribution >= 4 is 52.1 Å². The third-order valence-electron chi connectivity index (χ3n) is 2.33. The number of Topliss-reactive ketones (excluding diaryl/α,β-unsaturated/α-hetero) is 1. The van der Waals surface area contributed by atoms with E-state index in [1.165, 1.54) is 16.3 Å². The molecule has 102 valence electrons. The van der Waals surface area contributed by atoms with Gasteiger partial charge in [-0.15, -0.1) is 16.4 Å². The molecular formula is C10H9Cl2N3O2S2. The van der Waals surface area contributed by atoms with Gasteiger partial charge in [0.25, 0.3) is 0 Å². The Kier molecular flexibility index (Phi) is 4.72. The van der Waals surface area contributed by atoms with Crippen LogP contribution in [0.3, 0.4) is 0 Å². The van der Waals surface area contributed by atoms with Gasteiger partial charge in [0.05, 0.1) is 10.1 Å². The van der Waals surface area contributed by atoms with Gasteiger partial charge >= 0.3 is 5.69 Å². The Morgan fingerprint density at radius 3 is 2.89 bits per heavy atom. The normalized spacial score (nSPS) is 10.9. The predicted molar refractivity (Wildman–Crippen MR) is 77.9 cm³/mol. The zero-order chi connectivity index (χ0) is 14.0. The number of carbonyl (C=O) groups excluding carboxylic acids is 1. The van der Waals surface area contributed by atoms with Gasteiger partial charge in [0.2, 0.25) is 0 Å². The molecule has 0 fully saturated rings. The average molecular weight is 338 g/mol. The van der Waals surface area contributed by atoms with Crippen molar-refractivity contribution in [1.82, 2.24) is 14.8 Å². The lowest BCUT2D eigenvalue weighted by Gasteiger charge is -2.01. The molecule has 0 amide bonds. The highest BCUT2D eigenvalue weighted by Crippen LogP contribution is 2.32. The summed E-state index contributed by atoms with van der Waals surface area (Å²) in [4.78, 5) is 23.3. The van der Waals surface area contributed by atoms with Crippen LogP contribution in [0, 0.1) is 0 Å². The maximum absolute atomic E-state index is 12.0. The number of thiophene rings is 1. The number of aromatic nitrogens is 3. The molecule has 1 N–H and O–H groups in total. The molecule has 9 heteroatoms. The lowest BCUT2D eigenvalue weighted by molar-refractivity contribution is 0.102. The fraction of sp³-hybridized carbons (Fsp3) is 0.300. The van der Waals surface area contributed by atoms with E-state index in [-0.39, 0.29) is 17.2 Å². The third-order valence-corrected chi connectivity index (χ3v) is 4.79. The number of rotatable bonds is 5. The molecule has 2 aromatic heterocycles. The molecular weight excluding hydrogens is 329 g/mol. The summed E-state index contributed by atoms with van der Waals surface area (Å²) in [7, 11) is 0. The van der Waals surface area contributed by atoms with Crippen LogP contribution < -0.4 is 5.69 Å². The van der Waals surface area contributed by atoms with Gasteiger partial charge in [-0.1, -0.05) is 35.0 Å². The van der Waals surface area contributed by atoms with E-state index in [1.807, 2.05) is 6.92 Å². The smallest absolute Gasteiger partial charge is 0.293 e. The minimum atomic E-state index is -0.283. The van der Waals surface area contributed by atoms with Crippen molar-refractivity contribution in [3.63, 3.8) is 0 Å². The van der Waals surface area contributed by atoms with Gasteiger partial charge in [-0.3, -0.25) is 9.36 Å². The van der Waals surface area contributed by atoms with Crippen molar-refractivity contribution in [2.45, 2.75) is 18.6 Å². The second-order valence-corrected chi connectivity index (χ2v) is 6.73. The highest BCUT2D eigenvalue weighted by Gasteiger charge is 2.16. The minimum Gasteiger partial charge on any atom is -0.293 e. The van der Waals surface area contributed by atoms with Crippen LogP contribution in [0.25, 0.3) is 0 Å². The highest BCUT2D eigenvalue weighted by atomic mass is 35.5. The Bertz CT molecular complexity index is 662. The maximum Gasteiger partial charge on any atom is 0.343 e. The zero-order valence-electron chi connectivity index (χ0n) is 9.77. The van der Waals surface area contributed by atoms with Crippen molar-refractivity contribution in [2.75, 3.05) is 5.75 Å². The first kappa shape index (κ1) is 14.6. The second kappa shape index (κ2) is 6.13. The number of hydrogen-bond donors (Lipinski definition) is 1. The van der Waals surface area contributed by atoms with Crippen molar-refractivity contribution in [1.29, 1.82) is 0 Å². The number of hydrogen-bond acceptors (Lipinski definition) is 5. The van der Waals surface area contributed by atoms with Gasteiger partial charge < -0.3 is 0 Å². The van der Waals surface area contributed by atoms with Crippen LogP contribution in [0.1, 0.15) is 17.3 Å². The van der Waals surface area contributed by atoms with Crippen molar-refractivity contribution in [2.24, 2.45) is 0 Å². The van der Waals surface area contributed by atoms with Crippen LogP contribution in [-0.2, 0) is 6.54 Å². The third kappa shape index (κ3) is 3.22. The molecule has 0 bridgehead atoms. The minimum absolute atomic E-state index is 0.142. The maximum atomic E-state index is 12.0. The SMILES string of the molecule is CCn1c(SCC(=O)c2cc(Cl)sc2Cl)n[nH]c1=O. The van der Waals surface area contributed by atoms with E-state index in [9.17, 15) is 9.59 Å². The molecule has 0 radical (unpaired) electrons. The van der Waals surface area contributed by atoms with Crippen molar-refractivity contribution < 1.29 is 4.79 Å². The number of nitrogens with zero attached hydrogens (tertiary/aromatic N) is 2. The molecule has 2 aromatic rings. The van der Waals surface area contributed by atoms with E-state index < -0.39 is 0 Å². The molecule has 0 spiro atoms. The molecule has 0 aromatic carbocycles. The fourth-order valence-electron chi connectivity index (χ4n) is 1.43. The molecule has 19 heavy (non-hydrogen) atoms. The van der Waals surface area contributed by atoms with E-state index in [0.29, 0.717) is 25.9 Å². The average Bonchev–Trinajstić information content (AvgIpc) is 2.89. The second-order valence-electron chi connectivity index (χ2n) is 3.51. The highest BCUT2D eigenvalue weighted by molar-refractivity contribution is 7.99. The number of H-pyrrole nitrogens is 1. The largest absolute Gasteiger partial charge is 0.343 e. The van der Waals surface area contributed by atoms with Gasteiger partial charge in [-0.05, 0) is 13.0 Å². The zero-order valence-corrected chi connectivity index (χ0v) is 12.9. The van der Waals surface area contributed by atoms with Crippen LogP contribution in [0.15, 0.2) is 16.0 Å². The van der Waals surface area contributed by atoms with E-state index in [0.717, 1.165) is 11.3 Å². The molecule has 0 unspecified atom stereocenters. The summed E-state index contributed by atoms with van der Waals surface area (Å²) in [5.41, 5.74) is 0.124. The molecule has 0 saturated heterocycles. The van der Waals surface area contributed by atoms with Gasteiger partial charge in [0, 0.05) is 12.1 Å². The predicted octanol–water partition coefficient (Wildman–Crippen LogP) is 2.93. The summed E-state index contributed by atoms with van der Waals surface area (Å²) in [6, 6.07) is 1.55. The Hall–Kier alpha value is -0.760. The lowest BCUT2D eigenvalue weighted by atomic mass is 10.2. The Morgan fingerprint density at radius 1 is 1.58 bits per heavy atom. The summed E-state index contributed by atoms with van der Waals surface area (Å²) < 4.78 is 2.31. The van der Waals surface area contributed by atoms with E-state index in [4.69, 9.17) is 23.2 Å². The topological polar surface area (TPSA) is 67.8 Å². The van der Waals surface area contributed by atoms with Crippen LogP contribution >= 0.6 is 46.3 Å². The van der Waals surface area contributed by atoms with Crippen LogP contribution in [0.5, 0.6) is 0 Å². The number of aromatic amines is 1. The van der Waals surface area contributed by atoms with Gasteiger partial charge in [0.15, 0.2) is 10.9 Å². The molecule has 2 rings (SSSR count). The van der Waals surface area contributed by atoms with Crippen LogP contribution in [0.4, 0.5) is 0 Å². The van der Waals surface area contributed by atoms with E-state index in [1.54, 1.807) is 6.07 Å². The standard InChI is InChI=1S/C10H9Cl2N3O2S2/c1-2-15-9(17)13-14-10(15)18-4-6(16)5-3-7(11)19-8(5)12/h3H,2,4H2,1H3,(H,13,17). The summed E-state index contributed by atoms with van der Waals surface area (Å²) >= 11 is 14.0. The van der Waals surface area contributed by atoms with Crippen molar-refractivity contribution in [3.05, 3.63) is 30.8 Å².